The summed E-state index contributed by atoms with van der Waals surface area (Å²) in [7, 11) is 0. The van der Waals surface area contributed by atoms with Crippen LogP contribution in [0.3, 0.4) is 0 Å². The molecule has 1 aliphatic rings. The molecule has 1 aromatic rings. The summed E-state index contributed by atoms with van der Waals surface area (Å²) in [6.07, 6.45) is 2.89. The fourth-order valence-electron chi connectivity index (χ4n) is 1.95. The molecule has 0 spiro atoms. The Bertz CT molecular complexity index is 487. The van der Waals surface area contributed by atoms with Gasteiger partial charge in [-0.2, -0.15) is 0 Å². The molecule has 1 aromatic heterocycles. The number of pyridine rings is 1. The second kappa shape index (κ2) is 5.03. The highest BCUT2D eigenvalue weighted by atomic mass is 16.4. The largest absolute Gasteiger partial charge is 0.478 e. The number of nitrogens with zero attached hydrogens (tertiary/aromatic N) is 1. The van der Waals surface area contributed by atoms with Crippen molar-refractivity contribution in [3.05, 3.63) is 23.5 Å². The molecular weight excluding hydrogens is 234 g/mol. The third kappa shape index (κ3) is 2.58. The summed E-state index contributed by atoms with van der Waals surface area (Å²) in [5, 5.41) is 14.8. The summed E-state index contributed by atoms with van der Waals surface area (Å²) < 4.78 is 0. The van der Waals surface area contributed by atoms with E-state index in [0.717, 1.165) is 6.42 Å². The number of aryl methyl sites for hydroxylation is 1. The Hall–Kier alpha value is -2.11. The molecule has 18 heavy (non-hydrogen) atoms. The molecular formula is C12H15N3O3. The fraction of sp³-hybridized carbons (Fsp3) is 0.417. The van der Waals surface area contributed by atoms with E-state index in [1.807, 2.05) is 0 Å². The summed E-state index contributed by atoms with van der Waals surface area (Å²) in [6, 6.07) is 1.27. The molecule has 1 aliphatic heterocycles. The number of hydrogen-bond acceptors (Lipinski definition) is 4. The zero-order valence-electron chi connectivity index (χ0n) is 10.1. The maximum atomic E-state index is 11.6. The molecule has 1 fully saturated rings. The summed E-state index contributed by atoms with van der Waals surface area (Å²) in [5.41, 5.74) is 1.23. The summed E-state index contributed by atoms with van der Waals surface area (Å²) in [5.74, 6) is -1.15. The standard InChI is InChI=1S/C12H15N3O3/c1-7-5-10(8(6-14-7)12(17)18)15-9-3-2-4-13-11(9)16/h5-6,9H,2-4H2,1H3,(H,13,16)(H,14,15)(H,17,18). The van der Waals surface area contributed by atoms with E-state index in [-0.39, 0.29) is 17.5 Å². The van der Waals surface area contributed by atoms with Crippen LogP contribution in [-0.2, 0) is 4.79 Å². The van der Waals surface area contributed by atoms with Gasteiger partial charge in [-0.1, -0.05) is 0 Å². The molecule has 1 unspecified atom stereocenters. The van der Waals surface area contributed by atoms with Crippen LogP contribution in [0.4, 0.5) is 5.69 Å². The maximum Gasteiger partial charge on any atom is 0.339 e. The topological polar surface area (TPSA) is 91.3 Å². The minimum atomic E-state index is -1.05. The van der Waals surface area contributed by atoms with E-state index in [1.165, 1.54) is 6.20 Å². The minimum Gasteiger partial charge on any atom is -0.478 e. The van der Waals surface area contributed by atoms with Gasteiger partial charge in [0.05, 0.1) is 5.69 Å². The molecule has 1 atom stereocenters. The number of aromatic carboxylic acids is 1. The summed E-state index contributed by atoms with van der Waals surface area (Å²) >= 11 is 0. The number of carbonyl (C=O) groups is 2. The highest BCUT2D eigenvalue weighted by Gasteiger charge is 2.23. The van der Waals surface area contributed by atoms with Crippen molar-refractivity contribution < 1.29 is 14.7 Å². The van der Waals surface area contributed by atoms with E-state index in [4.69, 9.17) is 5.11 Å². The molecule has 2 heterocycles. The number of rotatable bonds is 3. The Morgan fingerprint density at radius 2 is 2.39 bits per heavy atom. The lowest BCUT2D eigenvalue weighted by atomic mass is 10.1. The molecule has 3 N–H and O–H groups in total. The Morgan fingerprint density at radius 3 is 3.06 bits per heavy atom. The first kappa shape index (κ1) is 12.3. The van der Waals surface area contributed by atoms with Crippen molar-refractivity contribution >= 4 is 17.6 Å². The van der Waals surface area contributed by atoms with Gasteiger partial charge in [-0.15, -0.1) is 0 Å². The molecule has 2 rings (SSSR count). The predicted octanol–water partition coefficient (Wildman–Crippen LogP) is 0.779. The molecule has 1 amide bonds. The van der Waals surface area contributed by atoms with Crippen LogP contribution < -0.4 is 10.6 Å². The first-order chi connectivity index (χ1) is 8.58. The van der Waals surface area contributed by atoms with Gasteiger partial charge in [-0.25, -0.2) is 4.79 Å². The van der Waals surface area contributed by atoms with Crippen molar-refractivity contribution in [3.63, 3.8) is 0 Å². The molecule has 0 bridgehead atoms. The average molecular weight is 249 g/mol. The van der Waals surface area contributed by atoms with Crippen LogP contribution in [0.15, 0.2) is 12.3 Å². The third-order valence-electron chi connectivity index (χ3n) is 2.89. The molecule has 6 nitrogen and oxygen atoms in total. The van der Waals surface area contributed by atoms with E-state index in [2.05, 4.69) is 15.6 Å². The Morgan fingerprint density at radius 1 is 1.61 bits per heavy atom. The molecule has 0 saturated carbocycles. The number of anilines is 1. The monoisotopic (exact) mass is 249 g/mol. The average Bonchev–Trinajstić information content (AvgIpc) is 2.32. The van der Waals surface area contributed by atoms with Gasteiger partial charge in [0.2, 0.25) is 5.91 Å². The Balaban J connectivity index is 2.24. The Labute approximate surface area is 104 Å². The number of hydrogen-bond donors (Lipinski definition) is 3. The second-order valence-electron chi connectivity index (χ2n) is 4.31. The number of piperidine rings is 1. The van der Waals surface area contributed by atoms with Crippen molar-refractivity contribution in [2.24, 2.45) is 0 Å². The lowest BCUT2D eigenvalue weighted by molar-refractivity contribution is -0.123. The molecule has 96 valence electrons. The molecule has 1 saturated heterocycles. The summed E-state index contributed by atoms with van der Waals surface area (Å²) in [6.45, 7) is 2.45. The third-order valence-corrected chi connectivity index (χ3v) is 2.89. The van der Waals surface area contributed by atoms with Gasteiger partial charge in [0, 0.05) is 18.4 Å². The molecule has 0 radical (unpaired) electrons. The van der Waals surface area contributed by atoms with Crippen LogP contribution in [0.5, 0.6) is 0 Å². The second-order valence-corrected chi connectivity index (χ2v) is 4.31. The van der Waals surface area contributed by atoms with Crippen LogP contribution in [0.2, 0.25) is 0 Å². The van der Waals surface area contributed by atoms with E-state index >= 15 is 0 Å². The van der Waals surface area contributed by atoms with E-state index in [9.17, 15) is 9.59 Å². The molecule has 0 aromatic carbocycles. The fourth-order valence-corrected chi connectivity index (χ4v) is 1.95. The minimum absolute atomic E-state index is 0.0824. The quantitative estimate of drug-likeness (QED) is 0.736. The van der Waals surface area contributed by atoms with Gasteiger partial charge in [0.15, 0.2) is 0 Å². The first-order valence-electron chi connectivity index (χ1n) is 5.82. The van der Waals surface area contributed by atoms with Crippen molar-refractivity contribution in [1.29, 1.82) is 0 Å². The van der Waals surface area contributed by atoms with Crippen LogP contribution in [0.1, 0.15) is 28.9 Å². The number of nitrogens with one attached hydrogen (secondary N) is 2. The summed E-state index contributed by atoms with van der Waals surface area (Å²) in [4.78, 5) is 26.7. The highest BCUT2D eigenvalue weighted by molar-refractivity contribution is 5.95. The van der Waals surface area contributed by atoms with Gasteiger partial charge >= 0.3 is 5.97 Å². The Kier molecular flexibility index (Phi) is 3.45. The van der Waals surface area contributed by atoms with Crippen molar-refractivity contribution in [2.45, 2.75) is 25.8 Å². The number of aromatic nitrogens is 1. The SMILES string of the molecule is Cc1cc(NC2CCCNC2=O)c(C(=O)O)cn1. The number of carbonyl (C=O) groups excluding carboxylic acids is 1. The maximum absolute atomic E-state index is 11.6. The highest BCUT2D eigenvalue weighted by Crippen LogP contribution is 2.19. The van der Waals surface area contributed by atoms with Gasteiger partial charge in [-0.3, -0.25) is 9.78 Å². The first-order valence-corrected chi connectivity index (χ1v) is 5.82. The van der Waals surface area contributed by atoms with Crippen LogP contribution in [0.25, 0.3) is 0 Å². The van der Waals surface area contributed by atoms with E-state index < -0.39 is 5.97 Å². The van der Waals surface area contributed by atoms with Crippen molar-refractivity contribution in [3.8, 4) is 0 Å². The van der Waals surface area contributed by atoms with Gasteiger partial charge in [0.25, 0.3) is 0 Å². The van der Waals surface area contributed by atoms with Crippen molar-refractivity contribution in [1.82, 2.24) is 10.3 Å². The lowest BCUT2D eigenvalue weighted by Crippen LogP contribution is -2.44. The zero-order chi connectivity index (χ0) is 13.1. The number of carboxylic acids is 1. The zero-order valence-corrected chi connectivity index (χ0v) is 10.1. The normalized spacial score (nSPS) is 19.2. The molecule has 6 heteroatoms. The lowest BCUT2D eigenvalue weighted by Gasteiger charge is -2.24. The van der Waals surface area contributed by atoms with Crippen molar-refractivity contribution in [2.75, 3.05) is 11.9 Å². The van der Waals surface area contributed by atoms with E-state index in [1.54, 1.807) is 13.0 Å². The number of carboxylic acid groups (broad SMARTS) is 1. The number of amides is 1. The van der Waals surface area contributed by atoms with Gasteiger partial charge < -0.3 is 15.7 Å². The van der Waals surface area contributed by atoms with Gasteiger partial charge in [0.1, 0.15) is 11.6 Å². The smallest absolute Gasteiger partial charge is 0.339 e. The predicted molar refractivity (Wildman–Crippen MR) is 65.6 cm³/mol. The molecule has 0 aliphatic carbocycles. The van der Waals surface area contributed by atoms with E-state index in [0.29, 0.717) is 24.3 Å². The van der Waals surface area contributed by atoms with Crippen LogP contribution in [-0.4, -0.2) is 34.6 Å². The van der Waals surface area contributed by atoms with Crippen LogP contribution in [0, 0.1) is 6.92 Å². The van der Waals surface area contributed by atoms with Crippen LogP contribution >= 0.6 is 0 Å². The van der Waals surface area contributed by atoms with Gasteiger partial charge in [-0.05, 0) is 25.8 Å².